The minimum atomic E-state index is -0.666. The fraction of sp³-hybridized carbons (Fsp3) is 0.263. The first kappa shape index (κ1) is 16.5. The van der Waals surface area contributed by atoms with Gasteiger partial charge in [0.25, 0.3) is 0 Å². The lowest BCUT2D eigenvalue weighted by Gasteiger charge is -2.09. The molecule has 26 heavy (non-hydrogen) atoms. The van der Waals surface area contributed by atoms with Crippen LogP contribution in [0.2, 0.25) is 0 Å². The Balaban J connectivity index is 1.51. The average Bonchev–Trinajstić information content (AvgIpc) is 3.29. The van der Waals surface area contributed by atoms with Crippen LogP contribution in [0.4, 0.5) is 20.4 Å². The Kier molecular flexibility index (Phi) is 4.28. The van der Waals surface area contributed by atoms with Crippen LogP contribution in [0.3, 0.4) is 0 Å². The molecule has 0 unspecified atom stereocenters. The smallest absolute Gasteiger partial charge is 0.246 e. The molecule has 1 fully saturated rings. The van der Waals surface area contributed by atoms with Crippen molar-refractivity contribution in [2.75, 3.05) is 11.9 Å². The van der Waals surface area contributed by atoms with Crippen molar-refractivity contribution in [1.82, 2.24) is 14.8 Å². The van der Waals surface area contributed by atoms with Crippen LogP contribution < -0.4 is 10.1 Å². The van der Waals surface area contributed by atoms with Gasteiger partial charge in [-0.2, -0.15) is 4.98 Å². The van der Waals surface area contributed by atoms with E-state index in [1.807, 2.05) is 25.1 Å². The third-order valence-corrected chi connectivity index (χ3v) is 4.09. The maximum absolute atomic E-state index is 13.4. The van der Waals surface area contributed by atoms with Gasteiger partial charge in [0, 0.05) is 17.8 Å². The predicted molar refractivity (Wildman–Crippen MR) is 94.0 cm³/mol. The topological polar surface area (TPSA) is 52.0 Å². The molecule has 1 aliphatic carbocycles. The Hall–Kier alpha value is -2.96. The van der Waals surface area contributed by atoms with Crippen LogP contribution in [-0.4, -0.2) is 21.4 Å². The fourth-order valence-corrected chi connectivity index (χ4v) is 2.65. The molecule has 0 aliphatic heterocycles. The van der Waals surface area contributed by atoms with E-state index in [1.54, 1.807) is 0 Å². The zero-order valence-corrected chi connectivity index (χ0v) is 14.2. The van der Waals surface area contributed by atoms with E-state index in [-0.39, 0.29) is 5.69 Å². The molecular weight excluding hydrogens is 338 g/mol. The van der Waals surface area contributed by atoms with E-state index in [1.165, 1.54) is 36.0 Å². The van der Waals surface area contributed by atoms with E-state index in [0.717, 1.165) is 29.7 Å². The van der Waals surface area contributed by atoms with E-state index in [0.29, 0.717) is 11.9 Å². The highest BCUT2D eigenvalue weighted by atomic mass is 19.1. The number of anilines is 2. The number of hydrogen-bond donors (Lipinski definition) is 1. The first-order valence-electron chi connectivity index (χ1n) is 8.45. The van der Waals surface area contributed by atoms with Crippen LogP contribution in [-0.2, 0) is 0 Å². The molecule has 0 radical (unpaired) electrons. The molecule has 1 heterocycles. The van der Waals surface area contributed by atoms with Gasteiger partial charge < -0.3 is 10.1 Å². The quantitative estimate of drug-likeness (QED) is 0.712. The Morgan fingerprint density at radius 1 is 1.12 bits per heavy atom. The summed E-state index contributed by atoms with van der Waals surface area (Å²) < 4.78 is 33.9. The summed E-state index contributed by atoms with van der Waals surface area (Å²) in [5, 5.41) is 7.32. The third kappa shape index (κ3) is 3.99. The minimum Gasteiger partial charge on any atom is -0.493 e. The second-order valence-electron chi connectivity index (χ2n) is 6.55. The molecule has 0 amide bonds. The monoisotopic (exact) mass is 356 g/mol. The lowest BCUT2D eigenvalue weighted by molar-refractivity contribution is 0.300. The van der Waals surface area contributed by atoms with Crippen molar-refractivity contribution in [3.05, 3.63) is 59.9 Å². The van der Waals surface area contributed by atoms with Crippen molar-refractivity contribution in [1.29, 1.82) is 0 Å². The summed E-state index contributed by atoms with van der Waals surface area (Å²) in [4.78, 5) is 4.15. The third-order valence-electron chi connectivity index (χ3n) is 4.09. The van der Waals surface area contributed by atoms with Crippen molar-refractivity contribution < 1.29 is 13.5 Å². The van der Waals surface area contributed by atoms with Crippen LogP contribution >= 0.6 is 0 Å². The van der Waals surface area contributed by atoms with E-state index in [2.05, 4.69) is 15.4 Å². The first-order chi connectivity index (χ1) is 12.5. The number of aromatic nitrogens is 3. The number of ether oxygens (including phenoxy) is 1. The van der Waals surface area contributed by atoms with Crippen LogP contribution in [0.1, 0.15) is 18.4 Å². The van der Waals surface area contributed by atoms with E-state index in [4.69, 9.17) is 4.74 Å². The van der Waals surface area contributed by atoms with Gasteiger partial charge in [0.15, 0.2) is 0 Å². The fourth-order valence-electron chi connectivity index (χ4n) is 2.65. The number of hydrogen-bond acceptors (Lipinski definition) is 4. The van der Waals surface area contributed by atoms with E-state index >= 15 is 0 Å². The molecule has 0 spiro atoms. The Labute approximate surface area is 149 Å². The number of aryl methyl sites for hydroxylation is 1. The second-order valence-corrected chi connectivity index (χ2v) is 6.55. The zero-order valence-electron chi connectivity index (χ0n) is 14.2. The Morgan fingerprint density at radius 2 is 1.88 bits per heavy atom. The van der Waals surface area contributed by atoms with Crippen molar-refractivity contribution in [2.45, 2.75) is 19.8 Å². The summed E-state index contributed by atoms with van der Waals surface area (Å²) in [5.41, 5.74) is 2.10. The van der Waals surface area contributed by atoms with Gasteiger partial charge in [0.2, 0.25) is 5.95 Å². The molecule has 1 saturated carbocycles. The zero-order chi connectivity index (χ0) is 18.1. The van der Waals surface area contributed by atoms with Crippen LogP contribution in [0.15, 0.2) is 42.7 Å². The summed E-state index contributed by atoms with van der Waals surface area (Å²) >= 11 is 0. The second kappa shape index (κ2) is 6.74. The van der Waals surface area contributed by atoms with Crippen LogP contribution in [0, 0.1) is 24.5 Å². The molecule has 1 N–H and O–H groups in total. The predicted octanol–water partition coefficient (Wildman–Crippen LogP) is 4.39. The number of nitrogens with zero attached hydrogens (tertiary/aromatic N) is 3. The molecular formula is C19H18F2N4O. The summed E-state index contributed by atoms with van der Waals surface area (Å²) in [6.45, 7) is 2.72. The Bertz CT molecular complexity index is 917. The average molecular weight is 356 g/mol. The number of rotatable bonds is 6. The highest BCUT2D eigenvalue weighted by molar-refractivity contribution is 5.57. The van der Waals surface area contributed by atoms with Gasteiger partial charge in [-0.3, -0.25) is 0 Å². The normalized spacial score (nSPS) is 13.7. The van der Waals surface area contributed by atoms with Crippen molar-refractivity contribution in [3.63, 3.8) is 0 Å². The van der Waals surface area contributed by atoms with Crippen molar-refractivity contribution >= 4 is 11.6 Å². The van der Waals surface area contributed by atoms with Gasteiger partial charge in [-0.15, -0.1) is 5.10 Å². The number of benzene rings is 2. The minimum absolute atomic E-state index is 0.265. The molecule has 7 heteroatoms. The van der Waals surface area contributed by atoms with Crippen molar-refractivity contribution in [2.24, 2.45) is 5.92 Å². The van der Waals surface area contributed by atoms with Gasteiger partial charge in [-0.05, 0) is 55.5 Å². The molecule has 0 atom stereocenters. The van der Waals surface area contributed by atoms with Gasteiger partial charge in [-0.1, -0.05) is 0 Å². The van der Waals surface area contributed by atoms with Gasteiger partial charge in [0.05, 0.1) is 12.3 Å². The molecule has 134 valence electrons. The molecule has 3 aromatic rings. The largest absolute Gasteiger partial charge is 0.493 e. The summed E-state index contributed by atoms with van der Waals surface area (Å²) in [6.07, 6.45) is 3.87. The lowest BCUT2D eigenvalue weighted by atomic mass is 10.2. The summed E-state index contributed by atoms with van der Waals surface area (Å²) in [6, 6.07) is 9.02. The van der Waals surface area contributed by atoms with Gasteiger partial charge in [0.1, 0.15) is 23.7 Å². The molecule has 2 aromatic carbocycles. The summed E-state index contributed by atoms with van der Waals surface area (Å²) in [5.74, 6) is 0.470. The molecule has 0 bridgehead atoms. The molecule has 5 nitrogen and oxygen atoms in total. The molecule has 1 aliphatic rings. The standard InChI is InChI=1S/C19H18F2N4O/c1-12-4-16(9-18(5-12)26-10-13-2-3-13)23-19-22-11-25(24-19)17-7-14(20)6-15(21)8-17/h4-9,11,13H,2-3,10H2,1H3,(H,23,24). The molecule has 0 saturated heterocycles. The Morgan fingerprint density at radius 3 is 2.62 bits per heavy atom. The van der Waals surface area contributed by atoms with E-state index in [9.17, 15) is 8.78 Å². The van der Waals surface area contributed by atoms with Crippen LogP contribution in [0.25, 0.3) is 5.69 Å². The molecule has 4 rings (SSSR count). The highest BCUT2D eigenvalue weighted by Gasteiger charge is 2.22. The maximum atomic E-state index is 13.4. The van der Waals surface area contributed by atoms with Crippen molar-refractivity contribution in [3.8, 4) is 11.4 Å². The van der Waals surface area contributed by atoms with E-state index < -0.39 is 11.6 Å². The number of nitrogens with one attached hydrogen (secondary N) is 1. The van der Waals surface area contributed by atoms with Gasteiger partial charge in [-0.25, -0.2) is 13.5 Å². The highest BCUT2D eigenvalue weighted by Crippen LogP contribution is 2.30. The number of halogens is 2. The van der Waals surface area contributed by atoms with Gasteiger partial charge >= 0.3 is 0 Å². The lowest BCUT2D eigenvalue weighted by Crippen LogP contribution is -2.01. The van der Waals surface area contributed by atoms with Crippen LogP contribution in [0.5, 0.6) is 5.75 Å². The maximum Gasteiger partial charge on any atom is 0.246 e. The SMILES string of the molecule is Cc1cc(Nc2ncn(-c3cc(F)cc(F)c3)n2)cc(OCC2CC2)c1. The summed E-state index contributed by atoms with van der Waals surface area (Å²) in [7, 11) is 0. The molecule has 1 aromatic heterocycles. The first-order valence-corrected chi connectivity index (χ1v) is 8.45.